The lowest BCUT2D eigenvalue weighted by atomic mass is 10.2. The van der Waals surface area contributed by atoms with Crippen LogP contribution in [0.15, 0.2) is 82.6 Å². The van der Waals surface area contributed by atoms with Crippen LogP contribution in [0.3, 0.4) is 0 Å². The lowest BCUT2D eigenvalue weighted by molar-refractivity contribution is 0.112. The minimum atomic E-state index is -0.759. The molecule has 1 amide bonds. The SMILES string of the molecule is NC(=O)OCCc1ccc(Sc2cccc(Oc3ccccc3C=O)c2)cc1. The van der Waals surface area contributed by atoms with Gasteiger partial charge in [-0.3, -0.25) is 4.79 Å². The monoisotopic (exact) mass is 393 g/mol. The summed E-state index contributed by atoms with van der Waals surface area (Å²) in [5, 5.41) is 0. The standard InChI is InChI=1S/C22H19NO4S/c23-22(25)26-13-12-16-8-10-19(11-9-16)28-20-6-3-5-18(14-20)27-21-7-2-1-4-17(21)15-24/h1-11,14-15H,12-13H2,(H2,23,25). The Bertz CT molecular complexity index is 957. The first kappa shape index (κ1) is 19.5. The van der Waals surface area contributed by atoms with Crippen molar-refractivity contribution in [2.45, 2.75) is 16.2 Å². The van der Waals surface area contributed by atoms with Crippen molar-refractivity contribution in [1.82, 2.24) is 0 Å². The van der Waals surface area contributed by atoms with E-state index in [1.54, 1.807) is 30.0 Å². The van der Waals surface area contributed by atoms with Crippen molar-refractivity contribution in [3.8, 4) is 11.5 Å². The van der Waals surface area contributed by atoms with E-state index in [-0.39, 0.29) is 6.61 Å². The topological polar surface area (TPSA) is 78.6 Å². The summed E-state index contributed by atoms with van der Waals surface area (Å²) in [5.41, 5.74) is 6.53. The fourth-order valence-electron chi connectivity index (χ4n) is 2.53. The average Bonchev–Trinajstić information content (AvgIpc) is 2.70. The number of para-hydroxylation sites is 1. The lowest BCUT2D eigenvalue weighted by Gasteiger charge is -2.09. The molecule has 142 valence electrons. The van der Waals surface area contributed by atoms with Crippen LogP contribution in [0.2, 0.25) is 0 Å². The average molecular weight is 393 g/mol. The van der Waals surface area contributed by atoms with Gasteiger partial charge in [-0.15, -0.1) is 0 Å². The molecule has 0 bridgehead atoms. The molecule has 0 spiro atoms. The summed E-state index contributed by atoms with van der Waals surface area (Å²) >= 11 is 1.60. The zero-order valence-electron chi connectivity index (χ0n) is 15.0. The number of carbonyl (C=O) groups excluding carboxylic acids is 2. The first-order valence-electron chi connectivity index (χ1n) is 8.65. The van der Waals surface area contributed by atoms with Crippen LogP contribution in [0.25, 0.3) is 0 Å². The van der Waals surface area contributed by atoms with Gasteiger partial charge in [0.25, 0.3) is 0 Å². The van der Waals surface area contributed by atoms with Crippen LogP contribution in [-0.4, -0.2) is 19.0 Å². The molecule has 3 aromatic rings. The molecule has 0 heterocycles. The van der Waals surface area contributed by atoms with Gasteiger partial charge >= 0.3 is 6.09 Å². The number of primary amides is 1. The normalized spacial score (nSPS) is 10.3. The Morgan fingerprint density at radius 1 is 0.964 bits per heavy atom. The number of carbonyl (C=O) groups is 2. The number of aldehydes is 1. The van der Waals surface area contributed by atoms with E-state index in [2.05, 4.69) is 0 Å². The Kier molecular flexibility index (Phi) is 6.70. The fraction of sp³-hybridized carbons (Fsp3) is 0.0909. The number of benzene rings is 3. The molecule has 6 heteroatoms. The van der Waals surface area contributed by atoms with Gasteiger partial charge < -0.3 is 15.2 Å². The highest BCUT2D eigenvalue weighted by molar-refractivity contribution is 7.99. The molecule has 0 radical (unpaired) electrons. The van der Waals surface area contributed by atoms with E-state index in [4.69, 9.17) is 15.2 Å². The van der Waals surface area contributed by atoms with Gasteiger partial charge in [0.15, 0.2) is 6.29 Å². The number of nitrogens with two attached hydrogens (primary N) is 1. The largest absolute Gasteiger partial charge is 0.457 e. The molecule has 0 aromatic heterocycles. The van der Waals surface area contributed by atoms with Gasteiger partial charge in [0.2, 0.25) is 0 Å². The summed E-state index contributed by atoms with van der Waals surface area (Å²) in [6, 6.07) is 22.8. The van der Waals surface area contributed by atoms with E-state index in [0.29, 0.717) is 23.5 Å². The predicted octanol–water partition coefficient (Wildman–Crippen LogP) is 5.08. The number of rotatable bonds is 8. The van der Waals surface area contributed by atoms with Gasteiger partial charge in [0.1, 0.15) is 11.5 Å². The molecule has 0 aliphatic rings. The van der Waals surface area contributed by atoms with Crippen LogP contribution in [0.5, 0.6) is 11.5 Å². The molecular formula is C22H19NO4S. The van der Waals surface area contributed by atoms with E-state index >= 15 is 0 Å². The molecule has 0 fully saturated rings. The third-order valence-electron chi connectivity index (χ3n) is 3.87. The van der Waals surface area contributed by atoms with Gasteiger partial charge in [-0.1, -0.05) is 42.1 Å². The Morgan fingerprint density at radius 3 is 2.50 bits per heavy atom. The Balaban J connectivity index is 1.64. The van der Waals surface area contributed by atoms with E-state index < -0.39 is 6.09 Å². The zero-order valence-corrected chi connectivity index (χ0v) is 15.9. The Labute approximate surface area is 167 Å². The summed E-state index contributed by atoms with van der Waals surface area (Å²) in [6.45, 7) is 0.267. The Morgan fingerprint density at radius 2 is 1.75 bits per heavy atom. The van der Waals surface area contributed by atoms with Crippen molar-refractivity contribution < 1.29 is 19.1 Å². The highest BCUT2D eigenvalue weighted by Gasteiger charge is 2.05. The summed E-state index contributed by atoms with van der Waals surface area (Å²) in [6.07, 6.45) is 0.641. The van der Waals surface area contributed by atoms with Crippen molar-refractivity contribution >= 4 is 24.1 Å². The van der Waals surface area contributed by atoms with Crippen LogP contribution in [0.1, 0.15) is 15.9 Å². The fourth-order valence-corrected chi connectivity index (χ4v) is 3.39. The summed E-state index contributed by atoms with van der Waals surface area (Å²) in [5.74, 6) is 1.20. The molecule has 3 rings (SSSR count). The molecule has 0 unspecified atom stereocenters. The quantitative estimate of drug-likeness (QED) is 0.540. The summed E-state index contributed by atoms with van der Waals surface area (Å²) in [4.78, 5) is 23.8. The number of hydrogen-bond donors (Lipinski definition) is 1. The van der Waals surface area contributed by atoms with Crippen molar-refractivity contribution in [2.75, 3.05) is 6.61 Å². The van der Waals surface area contributed by atoms with Crippen LogP contribution in [0, 0.1) is 0 Å². The van der Waals surface area contributed by atoms with Gasteiger partial charge in [-0.05, 0) is 48.0 Å². The minimum absolute atomic E-state index is 0.267. The minimum Gasteiger partial charge on any atom is -0.457 e. The number of ether oxygens (including phenoxy) is 2. The summed E-state index contributed by atoms with van der Waals surface area (Å²) < 4.78 is 10.6. The van der Waals surface area contributed by atoms with E-state index in [1.807, 2.05) is 54.6 Å². The van der Waals surface area contributed by atoms with Crippen LogP contribution in [-0.2, 0) is 11.2 Å². The lowest BCUT2D eigenvalue weighted by Crippen LogP contribution is -2.14. The second-order valence-electron chi connectivity index (χ2n) is 5.90. The Hall–Kier alpha value is -3.25. The third-order valence-corrected chi connectivity index (χ3v) is 4.87. The smallest absolute Gasteiger partial charge is 0.404 e. The van der Waals surface area contributed by atoms with Gasteiger partial charge in [-0.2, -0.15) is 0 Å². The van der Waals surface area contributed by atoms with Crippen molar-refractivity contribution in [2.24, 2.45) is 5.73 Å². The van der Waals surface area contributed by atoms with Crippen molar-refractivity contribution in [3.05, 3.63) is 83.9 Å². The first-order chi connectivity index (χ1) is 13.6. The first-order valence-corrected chi connectivity index (χ1v) is 9.47. The maximum absolute atomic E-state index is 11.1. The molecule has 0 atom stereocenters. The zero-order chi connectivity index (χ0) is 19.8. The molecule has 5 nitrogen and oxygen atoms in total. The number of hydrogen-bond acceptors (Lipinski definition) is 5. The molecule has 28 heavy (non-hydrogen) atoms. The third kappa shape index (κ3) is 5.62. The molecule has 0 aliphatic carbocycles. The van der Waals surface area contributed by atoms with E-state index in [0.717, 1.165) is 21.6 Å². The van der Waals surface area contributed by atoms with E-state index in [1.165, 1.54) is 0 Å². The molecular weight excluding hydrogens is 374 g/mol. The van der Waals surface area contributed by atoms with Crippen molar-refractivity contribution in [3.63, 3.8) is 0 Å². The second-order valence-corrected chi connectivity index (χ2v) is 7.04. The molecule has 2 N–H and O–H groups in total. The molecule has 3 aromatic carbocycles. The van der Waals surface area contributed by atoms with E-state index in [9.17, 15) is 9.59 Å². The van der Waals surface area contributed by atoms with Crippen molar-refractivity contribution in [1.29, 1.82) is 0 Å². The maximum atomic E-state index is 11.1. The molecule has 0 aliphatic heterocycles. The van der Waals surface area contributed by atoms with Crippen LogP contribution >= 0.6 is 11.8 Å². The molecule has 0 saturated heterocycles. The molecule has 0 saturated carbocycles. The van der Waals surface area contributed by atoms with Crippen LogP contribution < -0.4 is 10.5 Å². The maximum Gasteiger partial charge on any atom is 0.404 e. The predicted molar refractivity (Wildman–Crippen MR) is 108 cm³/mol. The summed E-state index contributed by atoms with van der Waals surface area (Å²) in [7, 11) is 0. The number of amides is 1. The second kappa shape index (κ2) is 9.62. The highest BCUT2D eigenvalue weighted by atomic mass is 32.2. The van der Waals surface area contributed by atoms with Gasteiger partial charge in [-0.25, -0.2) is 4.79 Å². The van der Waals surface area contributed by atoms with Crippen LogP contribution in [0.4, 0.5) is 4.79 Å². The highest BCUT2D eigenvalue weighted by Crippen LogP contribution is 2.32. The van der Waals surface area contributed by atoms with Gasteiger partial charge in [0, 0.05) is 16.2 Å². The van der Waals surface area contributed by atoms with Gasteiger partial charge in [0.05, 0.1) is 12.2 Å².